The number of nitrogens with zero attached hydrogens (tertiary/aromatic N) is 3. The van der Waals surface area contributed by atoms with Gasteiger partial charge in [-0.25, -0.2) is 0 Å². The van der Waals surface area contributed by atoms with Gasteiger partial charge in [-0.3, -0.25) is 9.78 Å². The van der Waals surface area contributed by atoms with Crippen LogP contribution < -0.4 is 4.98 Å². The third-order valence-electron chi connectivity index (χ3n) is 4.53. The fraction of sp³-hybridized carbons (Fsp3) is 0.0833. The largest absolute Gasteiger partial charge is 0.512 e. The van der Waals surface area contributed by atoms with Crippen LogP contribution in [0, 0.1) is 0 Å². The quantitative estimate of drug-likeness (QED) is 0.229. The van der Waals surface area contributed by atoms with Crippen molar-refractivity contribution in [3.63, 3.8) is 0 Å². The number of pyridine rings is 1. The molecule has 0 aliphatic rings. The van der Waals surface area contributed by atoms with Crippen molar-refractivity contribution in [1.29, 1.82) is 0 Å². The number of aromatic nitrogens is 3. The van der Waals surface area contributed by atoms with E-state index in [1.165, 1.54) is 25.3 Å². The minimum absolute atomic E-state index is 0. The monoisotopic (exact) mass is 575 g/mol. The third-order valence-corrected chi connectivity index (χ3v) is 4.53. The van der Waals surface area contributed by atoms with Crippen LogP contribution in [0.15, 0.2) is 84.8 Å². The van der Waals surface area contributed by atoms with Gasteiger partial charge in [0, 0.05) is 37.8 Å². The molecule has 5 nitrogen and oxygen atoms in total. The van der Waals surface area contributed by atoms with E-state index in [1.54, 1.807) is 0 Å². The number of ketones is 1. The number of aliphatic hydroxyl groups excluding tert-OH is 1. The van der Waals surface area contributed by atoms with Gasteiger partial charge in [-0.2, -0.15) is 0 Å². The summed E-state index contributed by atoms with van der Waals surface area (Å²) in [5.74, 6) is 0.860. The molecule has 1 N–H and O–H groups in total. The Balaban J connectivity index is 0.000000281. The van der Waals surface area contributed by atoms with E-state index in [-0.39, 0.29) is 31.6 Å². The van der Waals surface area contributed by atoms with Crippen molar-refractivity contribution in [3.05, 3.63) is 84.8 Å². The summed E-state index contributed by atoms with van der Waals surface area (Å²) < 4.78 is 2.14. The number of fused-ring (bicyclic) bond motifs is 4. The van der Waals surface area contributed by atoms with Crippen LogP contribution in [0.25, 0.3) is 38.7 Å². The van der Waals surface area contributed by atoms with E-state index in [9.17, 15) is 4.79 Å². The maximum atomic E-state index is 10.0. The van der Waals surface area contributed by atoms with Gasteiger partial charge >= 0.3 is 0 Å². The molecule has 153 valence electrons. The normalized spacial score (nSPS) is 11.2. The zero-order chi connectivity index (χ0) is 20.4. The number of hydrogen-bond donors (Lipinski definition) is 1. The van der Waals surface area contributed by atoms with Gasteiger partial charge in [0.25, 0.3) is 0 Å². The Hall–Kier alpha value is -3.21. The summed E-state index contributed by atoms with van der Waals surface area (Å²) in [6.45, 7) is 2.85. The molecule has 0 fully saturated rings. The van der Waals surface area contributed by atoms with Crippen LogP contribution in [-0.2, 0) is 24.9 Å². The Labute approximate surface area is 187 Å². The standard InChI is InChI=1S/C19H12N3.C5H8O2.Ir/c1-3-9-16-13(6-1)12-18(21-16)22-17-10-4-2-7-14(17)15-8-5-11-20-19(15)22;1-4(6)3-5(2)7;/h1-12H;3,6H,1-2H3;/q-1;;/b;4-3-;. The van der Waals surface area contributed by atoms with E-state index < -0.39 is 0 Å². The number of allylic oxidation sites excluding steroid dienone is 2. The van der Waals surface area contributed by atoms with Crippen molar-refractivity contribution >= 4 is 38.6 Å². The molecule has 30 heavy (non-hydrogen) atoms. The summed E-state index contributed by atoms with van der Waals surface area (Å²) in [5.41, 5.74) is 3.10. The van der Waals surface area contributed by atoms with Gasteiger partial charge in [0.15, 0.2) is 5.78 Å². The van der Waals surface area contributed by atoms with Crippen molar-refractivity contribution in [1.82, 2.24) is 14.5 Å². The first-order chi connectivity index (χ1) is 14.0. The second-order valence-electron chi connectivity index (χ2n) is 6.80. The molecule has 5 aromatic rings. The Morgan fingerprint density at radius 2 is 1.70 bits per heavy atom. The first-order valence-electron chi connectivity index (χ1n) is 9.29. The number of benzene rings is 2. The Morgan fingerprint density at radius 3 is 2.40 bits per heavy atom. The average molecular weight is 575 g/mol. The first-order valence-corrected chi connectivity index (χ1v) is 9.29. The van der Waals surface area contributed by atoms with E-state index >= 15 is 0 Å². The van der Waals surface area contributed by atoms with E-state index in [0.29, 0.717) is 0 Å². The third kappa shape index (κ3) is 4.20. The predicted octanol–water partition coefficient (Wildman–Crippen LogP) is 5.32. The maximum Gasteiger partial charge on any atom is 0.155 e. The fourth-order valence-electron chi connectivity index (χ4n) is 3.44. The molecular formula is C24H20IrN3O2-. The van der Waals surface area contributed by atoms with Crippen molar-refractivity contribution in [2.24, 2.45) is 0 Å². The molecule has 0 unspecified atom stereocenters. The molecule has 6 heteroatoms. The number of para-hydroxylation sites is 2. The van der Waals surface area contributed by atoms with Gasteiger partial charge in [-0.15, -0.1) is 0 Å². The van der Waals surface area contributed by atoms with Crippen LogP contribution in [0.5, 0.6) is 0 Å². The van der Waals surface area contributed by atoms with Crippen molar-refractivity contribution < 1.29 is 30.0 Å². The maximum absolute atomic E-state index is 10.0. The van der Waals surface area contributed by atoms with Gasteiger partial charge in [-0.05, 0) is 41.7 Å². The van der Waals surface area contributed by atoms with E-state index in [2.05, 4.69) is 52.0 Å². The summed E-state index contributed by atoms with van der Waals surface area (Å²) in [5, 5.41) is 11.9. The number of carbonyl (C=O) groups excluding carboxylic acids is 1. The van der Waals surface area contributed by atoms with Gasteiger partial charge in [-0.1, -0.05) is 66.5 Å². The summed E-state index contributed by atoms with van der Waals surface area (Å²) >= 11 is 0. The Bertz CT molecular complexity index is 1270. The minimum Gasteiger partial charge on any atom is -0.512 e. The summed E-state index contributed by atoms with van der Waals surface area (Å²) in [7, 11) is 0. The van der Waals surface area contributed by atoms with E-state index in [0.717, 1.165) is 33.3 Å². The second kappa shape index (κ2) is 9.07. The van der Waals surface area contributed by atoms with Crippen LogP contribution >= 0.6 is 0 Å². The zero-order valence-corrected chi connectivity index (χ0v) is 18.9. The number of carbonyl (C=O) groups is 1. The second-order valence-corrected chi connectivity index (χ2v) is 6.80. The molecule has 0 saturated heterocycles. The summed E-state index contributed by atoms with van der Waals surface area (Å²) in [6.07, 6.45) is 3.00. The predicted molar refractivity (Wildman–Crippen MR) is 116 cm³/mol. The van der Waals surface area contributed by atoms with Crippen LogP contribution in [-0.4, -0.2) is 20.4 Å². The molecule has 0 spiro atoms. The molecular weight excluding hydrogens is 555 g/mol. The van der Waals surface area contributed by atoms with Gasteiger partial charge < -0.3 is 14.7 Å². The molecule has 1 radical (unpaired) electrons. The van der Waals surface area contributed by atoms with Crippen LogP contribution in [0.2, 0.25) is 0 Å². The van der Waals surface area contributed by atoms with Gasteiger partial charge in [0.1, 0.15) is 0 Å². The van der Waals surface area contributed by atoms with Crippen LogP contribution in [0.4, 0.5) is 0 Å². The smallest absolute Gasteiger partial charge is 0.155 e. The van der Waals surface area contributed by atoms with Crippen LogP contribution in [0.1, 0.15) is 13.8 Å². The summed E-state index contributed by atoms with van der Waals surface area (Å²) in [6, 6.07) is 22.8. The Morgan fingerprint density at radius 1 is 1.00 bits per heavy atom. The molecule has 0 atom stereocenters. The molecule has 5 rings (SSSR count). The SMILES string of the molecule is CC(=O)/C=C(/C)O.[Ir].c1ccc2[n-]c(-n3c4ccccc4c4cccnc43)cc2c1. The Kier molecular flexibility index (Phi) is 6.50. The van der Waals surface area contributed by atoms with Gasteiger partial charge in [0.2, 0.25) is 0 Å². The van der Waals surface area contributed by atoms with E-state index in [1.807, 2.05) is 30.5 Å². The van der Waals surface area contributed by atoms with E-state index in [4.69, 9.17) is 10.1 Å². The zero-order valence-electron chi connectivity index (χ0n) is 16.5. The number of hydrogen-bond acceptors (Lipinski definition) is 3. The molecule has 0 saturated carbocycles. The fourth-order valence-corrected chi connectivity index (χ4v) is 3.44. The molecule has 0 aliphatic carbocycles. The average Bonchev–Trinajstić information content (AvgIpc) is 3.26. The van der Waals surface area contributed by atoms with Crippen molar-refractivity contribution in [2.75, 3.05) is 0 Å². The number of aliphatic hydroxyl groups is 1. The van der Waals surface area contributed by atoms with Crippen LogP contribution in [0.3, 0.4) is 0 Å². The van der Waals surface area contributed by atoms with Gasteiger partial charge in [0.05, 0.1) is 11.4 Å². The molecule has 0 amide bonds. The van der Waals surface area contributed by atoms with Crippen molar-refractivity contribution in [3.8, 4) is 5.82 Å². The summed E-state index contributed by atoms with van der Waals surface area (Å²) in [4.78, 5) is 19.4. The molecule has 3 aromatic heterocycles. The molecule has 0 bridgehead atoms. The first kappa shape index (κ1) is 21.5. The minimum atomic E-state index is -0.125. The molecule has 2 aromatic carbocycles. The topological polar surface area (TPSA) is 69.2 Å². The molecule has 3 heterocycles. The van der Waals surface area contributed by atoms with Crippen molar-refractivity contribution in [2.45, 2.75) is 13.8 Å². The molecule has 0 aliphatic heterocycles. The number of rotatable bonds is 2.